The van der Waals surface area contributed by atoms with Crippen LogP contribution in [0.15, 0.2) is 34.7 Å². The molecule has 20 heavy (non-hydrogen) atoms. The molecule has 7 heteroatoms. The first-order chi connectivity index (χ1) is 9.72. The molecule has 1 amide bonds. The van der Waals surface area contributed by atoms with Gasteiger partial charge in [0.25, 0.3) is 0 Å². The molecule has 3 rings (SSSR count). The number of para-hydroxylation sites is 1. The number of hydrogen-bond acceptors (Lipinski definition) is 5. The quantitative estimate of drug-likeness (QED) is 0.679. The van der Waals surface area contributed by atoms with E-state index in [-0.39, 0.29) is 5.91 Å². The van der Waals surface area contributed by atoms with Gasteiger partial charge in [-0.1, -0.05) is 41.3 Å². The molecular formula is C13H13N3OS3. The highest BCUT2D eigenvalue weighted by atomic mass is 32.2. The van der Waals surface area contributed by atoms with E-state index < -0.39 is 0 Å². The molecule has 1 heterocycles. The molecule has 1 fully saturated rings. The van der Waals surface area contributed by atoms with Crippen LogP contribution in [-0.2, 0) is 4.79 Å². The number of amides is 1. The van der Waals surface area contributed by atoms with Gasteiger partial charge in [-0.2, -0.15) is 0 Å². The predicted octanol–water partition coefficient (Wildman–Crippen LogP) is 3.03. The van der Waals surface area contributed by atoms with E-state index in [9.17, 15) is 4.79 Å². The topological polar surface area (TPSA) is 46.9 Å². The van der Waals surface area contributed by atoms with E-state index in [2.05, 4.69) is 10.4 Å². The lowest BCUT2D eigenvalue weighted by Crippen LogP contribution is -2.26. The molecule has 0 saturated heterocycles. The van der Waals surface area contributed by atoms with Gasteiger partial charge in [-0.05, 0) is 37.2 Å². The molecule has 1 aliphatic carbocycles. The van der Waals surface area contributed by atoms with Crippen molar-refractivity contribution >= 4 is 41.2 Å². The summed E-state index contributed by atoms with van der Waals surface area (Å²) < 4.78 is 3.26. The smallest absolute Gasteiger partial charge is 0.230 e. The van der Waals surface area contributed by atoms with Crippen LogP contribution in [0.2, 0.25) is 0 Å². The fraction of sp³-hybridized carbons (Fsp3) is 0.308. The zero-order valence-corrected chi connectivity index (χ0v) is 13.1. The molecule has 0 bridgehead atoms. The van der Waals surface area contributed by atoms with Crippen LogP contribution in [0.4, 0.5) is 0 Å². The van der Waals surface area contributed by atoms with Crippen LogP contribution in [0.25, 0.3) is 5.69 Å². The van der Waals surface area contributed by atoms with Gasteiger partial charge in [-0.3, -0.25) is 4.79 Å². The lowest BCUT2D eigenvalue weighted by atomic mass is 10.3. The maximum Gasteiger partial charge on any atom is 0.230 e. The summed E-state index contributed by atoms with van der Waals surface area (Å²) in [6.07, 6.45) is 2.22. The Balaban J connectivity index is 1.66. The third-order valence-electron chi connectivity index (χ3n) is 2.80. The molecule has 1 N–H and O–H groups in total. The van der Waals surface area contributed by atoms with Gasteiger partial charge in [0, 0.05) is 6.04 Å². The number of hydrogen-bond donors (Lipinski definition) is 1. The summed E-state index contributed by atoms with van der Waals surface area (Å²) in [5, 5.41) is 7.42. The van der Waals surface area contributed by atoms with Gasteiger partial charge < -0.3 is 5.32 Å². The number of carbonyl (C=O) groups excluding carboxylic acids is 1. The minimum atomic E-state index is 0.0740. The zero-order chi connectivity index (χ0) is 13.9. The summed E-state index contributed by atoms with van der Waals surface area (Å²) in [7, 11) is 0. The number of nitrogens with zero attached hydrogens (tertiary/aromatic N) is 2. The van der Waals surface area contributed by atoms with E-state index in [1.165, 1.54) is 23.1 Å². The van der Waals surface area contributed by atoms with Crippen molar-refractivity contribution in [3.63, 3.8) is 0 Å². The fourth-order valence-electron chi connectivity index (χ4n) is 1.68. The van der Waals surface area contributed by atoms with Crippen LogP contribution in [0.3, 0.4) is 0 Å². The van der Waals surface area contributed by atoms with Crippen LogP contribution in [0.5, 0.6) is 0 Å². The molecule has 1 aromatic carbocycles. The second-order valence-electron chi connectivity index (χ2n) is 4.51. The first-order valence-corrected chi connectivity index (χ1v) is 8.51. The SMILES string of the molecule is O=C(CSc1nn(-c2ccccc2)c(=S)s1)NC1CC1. The summed E-state index contributed by atoms with van der Waals surface area (Å²) in [5.74, 6) is 0.470. The highest BCUT2D eigenvalue weighted by Crippen LogP contribution is 2.24. The second-order valence-corrected chi connectivity index (χ2v) is 7.36. The maximum absolute atomic E-state index is 11.6. The predicted molar refractivity (Wildman–Crippen MR) is 84.2 cm³/mol. The monoisotopic (exact) mass is 323 g/mol. The average molecular weight is 323 g/mol. The van der Waals surface area contributed by atoms with Crippen LogP contribution < -0.4 is 5.32 Å². The molecule has 0 unspecified atom stereocenters. The highest BCUT2D eigenvalue weighted by Gasteiger charge is 2.23. The molecular weight excluding hydrogens is 310 g/mol. The minimum Gasteiger partial charge on any atom is -0.353 e. The van der Waals surface area contributed by atoms with E-state index in [4.69, 9.17) is 12.2 Å². The Hall–Kier alpha value is -1.18. The Morgan fingerprint density at radius 3 is 2.90 bits per heavy atom. The normalized spacial score (nSPS) is 14.2. The fourth-order valence-corrected chi connectivity index (χ4v) is 3.85. The van der Waals surface area contributed by atoms with Crippen LogP contribution in [0, 0.1) is 3.95 Å². The summed E-state index contributed by atoms with van der Waals surface area (Å²) >= 11 is 8.19. The van der Waals surface area contributed by atoms with Gasteiger partial charge in [0.15, 0.2) is 8.29 Å². The second kappa shape index (κ2) is 6.07. The van der Waals surface area contributed by atoms with E-state index in [1.54, 1.807) is 4.68 Å². The van der Waals surface area contributed by atoms with E-state index in [0.717, 1.165) is 22.9 Å². The van der Waals surface area contributed by atoms with E-state index in [1.807, 2.05) is 30.3 Å². The van der Waals surface area contributed by atoms with Crippen LogP contribution in [0.1, 0.15) is 12.8 Å². The van der Waals surface area contributed by atoms with Crippen molar-refractivity contribution in [3.8, 4) is 5.69 Å². The first kappa shape index (κ1) is 13.8. The van der Waals surface area contributed by atoms with Gasteiger partial charge >= 0.3 is 0 Å². The zero-order valence-electron chi connectivity index (χ0n) is 10.6. The molecule has 0 aliphatic heterocycles. The Labute approximate surface area is 130 Å². The summed E-state index contributed by atoms with van der Waals surface area (Å²) in [4.78, 5) is 11.6. The number of aromatic nitrogens is 2. The minimum absolute atomic E-state index is 0.0740. The standard InChI is InChI=1S/C13H13N3OS3/c17-11(14-9-6-7-9)8-19-12-15-16(13(18)20-12)10-4-2-1-3-5-10/h1-5,9H,6-8H2,(H,14,17). The molecule has 0 radical (unpaired) electrons. The third-order valence-corrected chi connectivity index (χ3v) is 5.16. The Morgan fingerprint density at radius 2 is 2.20 bits per heavy atom. The van der Waals surface area contributed by atoms with Crippen LogP contribution in [-0.4, -0.2) is 27.5 Å². The lowest BCUT2D eigenvalue weighted by Gasteiger charge is -2.01. The third kappa shape index (κ3) is 3.47. The Bertz CT molecular complexity index is 661. The van der Waals surface area contributed by atoms with Gasteiger partial charge in [-0.25, -0.2) is 4.68 Å². The number of benzene rings is 1. The Kier molecular flexibility index (Phi) is 4.18. The van der Waals surface area contributed by atoms with Crippen molar-refractivity contribution in [3.05, 3.63) is 34.3 Å². The van der Waals surface area contributed by atoms with Crippen molar-refractivity contribution < 1.29 is 4.79 Å². The maximum atomic E-state index is 11.6. The molecule has 1 aromatic heterocycles. The van der Waals surface area contributed by atoms with Gasteiger partial charge in [0.1, 0.15) is 0 Å². The average Bonchev–Trinajstić information content (AvgIpc) is 3.18. The molecule has 2 aromatic rings. The number of thioether (sulfide) groups is 1. The largest absolute Gasteiger partial charge is 0.353 e. The van der Waals surface area contributed by atoms with Gasteiger partial charge in [-0.15, -0.1) is 5.10 Å². The van der Waals surface area contributed by atoms with E-state index >= 15 is 0 Å². The van der Waals surface area contributed by atoms with Gasteiger partial charge in [0.2, 0.25) is 5.91 Å². The molecule has 1 saturated carbocycles. The first-order valence-electron chi connectivity index (χ1n) is 6.30. The molecule has 1 aliphatic rings. The van der Waals surface area contributed by atoms with Gasteiger partial charge in [0.05, 0.1) is 11.4 Å². The van der Waals surface area contributed by atoms with Crippen molar-refractivity contribution in [1.82, 2.24) is 15.1 Å². The molecule has 104 valence electrons. The number of nitrogens with one attached hydrogen (secondary N) is 1. The summed E-state index contributed by atoms with van der Waals surface area (Å²) in [6.45, 7) is 0. The van der Waals surface area contributed by atoms with Crippen molar-refractivity contribution in [2.75, 3.05) is 5.75 Å². The van der Waals surface area contributed by atoms with Crippen LogP contribution >= 0.6 is 35.3 Å². The highest BCUT2D eigenvalue weighted by molar-refractivity contribution is 8.01. The molecule has 0 spiro atoms. The van der Waals surface area contributed by atoms with E-state index in [0.29, 0.717) is 15.7 Å². The van der Waals surface area contributed by atoms with Crippen molar-refractivity contribution in [2.24, 2.45) is 0 Å². The molecule has 4 nitrogen and oxygen atoms in total. The van der Waals surface area contributed by atoms with Crippen molar-refractivity contribution in [2.45, 2.75) is 23.2 Å². The number of carbonyl (C=O) groups is 1. The van der Waals surface area contributed by atoms with Crippen molar-refractivity contribution in [1.29, 1.82) is 0 Å². The summed E-state index contributed by atoms with van der Waals surface area (Å²) in [6, 6.07) is 10.2. The summed E-state index contributed by atoms with van der Waals surface area (Å²) in [5.41, 5.74) is 0.947. The molecule has 0 atom stereocenters. The number of rotatable bonds is 5. The lowest BCUT2D eigenvalue weighted by molar-refractivity contribution is -0.118. The Morgan fingerprint density at radius 1 is 1.45 bits per heavy atom.